The van der Waals surface area contributed by atoms with Crippen LogP contribution in [-0.4, -0.2) is 52.0 Å². The number of aromatic nitrogens is 2. The summed E-state index contributed by atoms with van der Waals surface area (Å²) in [6, 6.07) is 0. The lowest BCUT2D eigenvalue weighted by molar-refractivity contribution is -0.133. The summed E-state index contributed by atoms with van der Waals surface area (Å²) in [5.74, 6) is -0.701. The third-order valence-corrected chi connectivity index (χ3v) is 3.49. The highest BCUT2D eigenvalue weighted by Gasteiger charge is 2.31. The van der Waals surface area contributed by atoms with Crippen molar-refractivity contribution in [1.29, 1.82) is 0 Å². The number of hydrogen-bond acceptors (Lipinski definition) is 4. The molecule has 1 aliphatic rings. The van der Waals surface area contributed by atoms with Crippen LogP contribution >= 0.6 is 0 Å². The van der Waals surface area contributed by atoms with Crippen molar-refractivity contribution in [1.82, 2.24) is 20.4 Å². The molecule has 2 amide bonds. The van der Waals surface area contributed by atoms with Gasteiger partial charge >= 0.3 is 12.3 Å². The predicted molar refractivity (Wildman–Crippen MR) is 81.9 cm³/mol. The van der Waals surface area contributed by atoms with Gasteiger partial charge in [0.2, 0.25) is 0 Å². The molecule has 140 valence electrons. The molecule has 2 heterocycles. The lowest BCUT2D eigenvalue weighted by Crippen LogP contribution is -2.40. The smallest absolute Gasteiger partial charge is 0.410 e. The molecule has 1 aromatic rings. The summed E-state index contributed by atoms with van der Waals surface area (Å²) < 4.78 is 41.8. The average molecular weight is 362 g/mol. The summed E-state index contributed by atoms with van der Waals surface area (Å²) in [5.41, 5.74) is 0.554. The van der Waals surface area contributed by atoms with Crippen molar-refractivity contribution >= 4 is 12.0 Å². The molecule has 2 N–H and O–H groups in total. The maximum absolute atomic E-state index is 12.2. The van der Waals surface area contributed by atoms with Crippen LogP contribution in [0.3, 0.4) is 0 Å². The molecule has 0 aromatic carbocycles. The summed E-state index contributed by atoms with van der Waals surface area (Å²) >= 11 is 0. The summed E-state index contributed by atoms with van der Waals surface area (Å²) in [4.78, 5) is 25.7. The normalized spacial score (nSPS) is 14.9. The standard InChI is InChI=1S/C15H21F3N4O3/c1-14(2,3)25-13(24)22-7-4-10-9(8-22)11(21-20-10)12(23)19-6-5-15(16,17)18/h4-8H2,1-3H3,(H,19,23)(H,20,21). The van der Waals surface area contributed by atoms with Gasteiger partial charge in [-0.05, 0) is 20.8 Å². The monoisotopic (exact) mass is 362 g/mol. The molecule has 25 heavy (non-hydrogen) atoms. The Balaban J connectivity index is 2.03. The number of carbonyl (C=O) groups is 2. The number of carbonyl (C=O) groups excluding carboxylic acids is 2. The predicted octanol–water partition coefficient (Wildman–Crippen LogP) is 2.39. The highest BCUT2D eigenvalue weighted by molar-refractivity contribution is 5.94. The number of fused-ring (bicyclic) bond motifs is 1. The SMILES string of the molecule is CC(C)(C)OC(=O)N1CCc2[nH]nc(C(=O)NCCC(F)(F)F)c2C1. The lowest BCUT2D eigenvalue weighted by Gasteiger charge is -2.30. The van der Waals surface area contributed by atoms with E-state index in [1.54, 1.807) is 20.8 Å². The van der Waals surface area contributed by atoms with Crippen LogP contribution in [0.4, 0.5) is 18.0 Å². The Morgan fingerprint density at radius 1 is 1.32 bits per heavy atom. The molecule has 0 spiro atoms. The Bertz CT molecular complexity index is 649. The number of nitrogens with one attached hydrogen (secondary N) is 2. The second-order valence-electron chi connectivity index (χ2n) is 6.80. The van der Waals surface area contributed by atoms with Gasteiger partial charge in [0, 0.05) is 30.8 Å². The van der Waals surface area contributed by atoms with Gasteiger partial charge in [0.1, 0.15) is 5.60 Å². The molecule has 0 atom stereocenters. The second-order valence-corrected chi connectivity index (χ2v) is 6.80. The van der Waals surface area contributed by atoms with Gasteiger partial charge in [-0.1, -0.05) is 0 Å². The molecule has 0 aliphatic carbocycles. The molecule has 2 rings (SSSR count). The van der Waals surface area contributed by atoms with Crippen molar-refractivity contribution in [3.8, 4) is 0 Å². The zero-order chi connectivity index (χ0) is 18.8. The Hall–Kier alpha value is -2.26. The van der Waals surface area contributed by atoms with Crippen molar-refractivity contribution < 1.29 is 27.5 Å². The molecule has 7 nitrogen and oxygen atoms in total. The number of nitrogens with zero attached hydrogens (tertiary/aromatic N) is 2. The quantitative estimate of drug-likeness (QED) is 0.864. The third-order valence-electron chi connectivity index (χ3n) is 3.49. The van der Waals surface area contributed by atoms with Crippen LogP contribution in [0.5, 0.6) is 0 Å². The Labute approximate surface area is 142 Å². The molecule has 0 radical (unpaired) electrons. The minimum atomic E-state index is -4.34. The number of H-pyrrole nitrogens is 1. The van der Waals surface area contributed by atoms with E-state index in [1.165, 1.54) is 4.90 Å². The fourth-order valence-electron chi connectivity index (χ4n) is 2.37. The van der Waals surface area contributed by atoms with Crippen LogP contribution in [0.25, 0.3) is 0 Å². The van der Waals surface area contributed by atoms with Crippen molar-refractivity contribution in [3.63, 3.8) is 0 Å². The third kappa shape index (κ3) is 5.36. The van der Waals surface area contributed by atoms with E-state index in [9.17, 15) is 22.8 Å². The minimum Gasteiger partial charge on any atom is -0.444 e. The van der Waals surface area contributed by atoms with Crippen LogP contribution < -0.4 is 5.32 Å². The van der Waals surface area contributed by atoms with E-state index in [1.807, 2.05) is 0 Å². The number of hydrogen-bond donors (Lipinski definition) is 2. The van der Waals surface area contributed by atoms with Gasteiger partial charge in [-0.25, -0.2) is 4.79 Å². The first-order valence-corrected chi connectivity index (χ1v) is 7.85. The highest BCUT2D eigenvalue weighted by atomic mass is 19.4. The number of amides is 2. The first kappa shape index (κ1) is 19.1. The van der Waals surface area contributed by atoms with Gasteiger partial charge in [0.05, 0.1) is 13.0 Å². The summed E-state index contributed by atoms with van der Waals surface area (Å²) in [7, 11) is 0. The van der Waals surface area contributed by atoms with Gasteiger partial charge in [-0.15, -0.1) is 0 Å². The Morgan fingerprint density at radius 2 is 2.00 bits per heavy atom. The molecule has 0 saturated carbocycles. The summed E-state index contributed by atoms with van der Waals surface area (Å²) in [6.07, 6.45) is -5.51. The van der Waals surface area contributed by atoms with Crippen LogP contribution in [-0.2, 0) is 17.7 Å². The average Bonchev–Trinajstić information content (AvgIpc) is 2.86. The molecular weight excluding hydrogens is 341 g/mol. The molecule has 0 unspecified atom stereocenters. The van der Waals surface area contributed by atoms with Gasteiger partial charge in [0.25, 0.3) is 5.91 Å². The van der Waals surface area contributed by atoms with Gasteiger partial charge in [-0.2, -0.15) is 18.3 Å². The van der Waals surface area contributed by atoms with E-state index >= 15 is 0 Å². The van der Waals surface area contributed by atoms with Crippen LogP contribution in [0.15, 0.2) is 0 Å². The lowest BCUT2D eigenvalue weighted by atomic mass is 10.1. The van der Waals surface area contributed by atoms with E-state index in [0.29, 0.717) is 24.2 Å². The maximum Gasteiger partial charge on any atom is 0.410 e. The van der Waals surface area contributed by atoms with Gasteiger partial charge in [0.15, 0.2) is 5.69 Å². The molecule has 1 aliphatic heterocycles. The minimum absolute atomic E-state index is 0.00503. The van der Waals surface area contributed by atoms with E-state index in [0.717, 1.165) is 0 Å². The molecule has 1 aromatic heterocycles. The number of aromatic amines is 1. The zero-order valence-corrected chi connectivity index (χ0v) is 14.3. The van der Waals surface area contributed by atoms with Crippen molar-refractivity contribution in [2.24, 2.45) is 0 Å². The zero-order valence-electron chi connectivity index (χ0n) is 14.3. The van der Waals surface area contributed by atoms with Gasteiger partial charge in [-0.3, -0.25) is 9.89 Å². The van der Waals surface area contributed by atoms with Crippen molar-refractivity contribution in [3.05, 3.63) is 17.0 Å². The first-order chi connectivity index (χ1) is 11.5. The van der Waals surface area contributed by atoms with Gasteiger partial charge < -0.3 is 15.0 Å². The Kier molecular flexibility index (Phi) is 5.28. The van der Waals surface area contributed by atoms with E-state index in [4.69, 9.17) is 4.74 Å². The molecule has 10 heteroatoms. The number of halogens is 3. The van der Waals surface area contributed by atoms with Crippen LogP contribution in [0.1, 0.15) is 48.9 Å². The number of alkyl halides is 3. The maximum atomic E-state index is 12.2. The molecule has 0 bridgehead atoms. The number of rotatable bonds is 3. The second kappa shape index (κ2) is 6.93. The Morgan fingerprint density at radius 3 is 2.60 bits per heavy atom. The summed E-state index contributed by atoms with van der Waals surface area (Å²) in [5, 5.41) is 8.79. The fourth-order valence-corrected chi connectivity index (χ4v) is 2.37. The topological polar surface area (TPSA) is 87.3 Å². The van der Waals surface area contributed by atoms with E-state index in [2.05, 4.69) is 15.5 Å². The first-order valence-electron chi connectivity index (χ1n) is 7.85. The highest BCUT2D eigenvalue weighted by Crippen LogP contribution is 2.23. The number of ether oxygens (including phenoxy) is 1. The van der Waals surface area contributed by atoms with Crippen LogP contribution in [0.2, 0.25) is 0 Å². The summed E-state index contributed by atoms with van der Waals surface area (Å²) in [6.45, 7) is 5.23. The van der Waals surface area contributed by atoms with E-state index in [-0.39, 0.29) is 12.2 Å². The van der Waals surface area contributed by atoms with Crippen LogP contribution in [0, 0.1) is 0 Å². The largest absolute Gasteiger partial charge is 0.444 e. The van der Waals surface area contributed by atoms with Crippen molar-refractivity contribution in [2.45, 2.75) is 51.9 Å². The fraction of sp³-hybridized carbons (Fsp3) is 0.667. The van der Waals surface area contributed by atoms with Crippen molar-refractivity contribution in [2.75, 3.05) is 13.1 Å². The molecule has 0 fully saturated rings. The van der Waals surface area contributed by atoms with E-state index < -0.39 is 36.7 Å². The molecule has 0 saturated heterocycles. The molecular formula is C15H21F3N4O3.